The van der Waals surface area contributed by atoms with Crippen molar-refractivity contribution in [3.63, 3.8) is 0 Å². The molecule has 116 valence electrons. The van der Waals surface area contributed by atoms with Crippen LogP contribution in [0.15, 0.2) is 30.8 Å². The number of amides is 1. The van der Waals surface area contributed by atoms with E-state index in [1.54, 1.807) is 37.9 Å². The van der Waals surface area contributed by atoms with Gasteiger partial charge in [0.2, 0.25) is 0 Å². The first-order valence-electron chi connectivity index (χ1n) is 6.89. The number of benzene rings is 1. The number of nitrogens with one attached hydrogen (secondary N) is 1. The highest BCUT2D eigenvalue weighted by Crippen LogP contribution is 2.14. The Balaban J connectivity index is 2.59. The predicted molar refractivity (Wildman–Crippen MR) is 82.1 cm³/mol. The first-order chi connectivity index (χ1) is 9.71. The standard InChI is InChI=1S/C16H23FN2O2/c1-6-19(18-15(20)21-16(3,4)5)11-12(2)13-7-9-14(17)10-8-13/h7-10H,2,6,11H2,1,3-5H3,(H,18,20). The van der Waals surface area contributed by atoms with Crippen molar-refractivity contribution in [2.24, 2.45) is 0 Å². The van der Waals surface area contributed by atoms with Crippen LogP contribution in [0, 0.1) is 5.82 Å². The number of rotatable bonds is 5. The Morgan fingerprint density at radius 2 is 1.90 bits per heavy atom. The minimum absolute atomic E-state index is 0.286. The lowest BCUT2D eigenvalue weighted by atomic mass is 10.1. The third-order valence-corrected chi connectivity index (χ3v) is 2.66. The molecule has 0 heterocycles. The molecular weight excluding hydrogens is 271 g/mol. The third-order valence-electron chi connectivity index (χ3n) is 2.66. The maximum Gasteiger partial charge on any atom is 0.422 e. The smallest absolute Gasteiger partial charge is 0.422 e. The summed E-state index contributed by atoms with van der Waals surface area (Å²) in [4.78, 5) is 11.7. The Labute approximate surface area is 125 Å². The SMILES string of the molecule is C=C(CN(CC)NC(=O)OC(C)(C)C)c1ccc(F)cc1. The Hall–Kier alpha value is -1.88. The molecule has 0 atom stereocenters. The lowest BCUT2D eigenvalue weighted by Crippen LogP contribution is -2.45. The summed E-state index contributed by atoms with van der Waals surface area (Å²) in [6, 6.07) is 6.11. The number of carbonyl (C=O) groups is 1. The molecule has 0 spiro atoms. The molecule has 0 aromatic heterocycles. The van der Waals surface area contributed by atoms with E-state index >= 15 is 0 Å². The second-order valence-electron chi connectivity index (χ2n) is 5.74. The summed E-state index contributed by atoms with van der Waals surface area (Å²) in [5.74, 6) is -0.286. The molecule has 5 heteroatoms. The number of nitrogens with zero attached hydrogens (tertiary/aromatic N) is 1. The van der Waals surface area contributed by atoms with Gasteiger partial charge in [-0.2, -0.15) is 0 Å². The second kappa shape index (κ2) is 7.22. The molecule has 0 fully saturated rings. The molecule has 0 aliphatic carbocycles. The number of hydrogen-bond donors (Lipinski definition) is 1. The van der Waals surface area contributed by atoms with E-state index in [0.29, 0.717) is 13.1 Å². The lowest BCUT2D eigenvalue weighted by Gasteiger charge is -2.25. The third kappa shape index (κ3) is 6.40. The van der Waals surface area contributed by atoms with Gasteiger partial charge in [-0.3, -0.25) is 5.43 Å². The van der Waals surface area contributed by atoms with Crippen molar-refractivity contribution < 1.29 is 13.9 Å². The van der Waals surface area contributed by atoms with Crippen LogP contribution in [0.5, 0.6) is 0 Å². The van der Waals surface area contributed by atoms with Crippen LogP contribution in [0.2, 0.25) is 0 Å². The molecule has 21 heavy (non-hydrogen) atoms. The average Bonchev–Trinajstić information content (AvgIpc) is 2.36. The van der Waals surface area contributed by atoms with E-state index in [1.165, 1.54) is 12.1 Å². The topological polar surface area (TPSA) is 41.6 Å². The van der Waals surface area contributed by atoms with E-state index < -0.39 is 11.7 Å². The minimum Gasteiger partial charge on any atom is -0.443 e. The van der Waals surface area contributed by atoms with E-state index in [0.717, 1.165) is 11.1 Å². The molecule has 0 aliphatic rings. The van der Waals surface area contributed by atoms with Crippen molar-refractivity contribution in [2.75, 3.05) is 13.1 Å². The van der Waals surface area contributed by atoms with E-state index in [2.05, 4.69) is 12.0 Å². The van der Waals surface area contributed by atoms with Crippen LogP contribution < -0.4 is 5.43 Å². The van der Waals surface area contributed by atoms with Crippen molar-refractivity contribution in [3.05, 3.63) is 42.2 Å². The van der Waals surface area contributed by atoms with Crippen LogP contribution in [-0.4, -0.2) is 29.8 Å². The number of halogens is 1. The molecule has 0 bridgehead atoms. The summed E-state index contributed by atoms with van der Waals surface area (Å²) < 4.78 is 18.1. The molecular formula is C16H23FN2O2. The molecule has 0 aliphatic heterocycles. The first kappa shape index (κ1) is 17.2. The first-order valence-corrected chi connectivity index (χ1v) is 6.89. The van der Waals surface area contributed by atoms with Gasteiger partial charge in [0.05, 0.1) is 0 Å². The molecule has 1 N–H and O–H groups in total. The maximum absolute atomic E-state index is 12.9. The second-order valence-corrected chi connectivity index (χ2v) is 5.74. The highest BCUT2D eigenvalue weighted by Gasteiger charge is 2.18. The van der Waals surface area contributed by atoms with Crippen molar-refractivity contribution in [3.8, 4) is 0 Å². The Morgan fingerprint density at radius 3 is 2.38 bits per heavy atom. The van der Waals surface area contributed by atoms with Crippen LogP contribution in [0.1, 0.15) is 33.3 Å². The van der Waals surface area contributed by atoms with Crippen molar-refractivity contribution in [1.82, 2.24) is 10.4 Å². The number of carbonyl (C=O) groups excluding carboxylic acids is 1. The number of hydrogen-bond acceptors (Lipinski definition) is 3. The quantitative estimate of drug-likeness (QED) is 0.844. The van der Waals surface area contributed by atoms with Crippen molar-refractivity contribution in [2.45, 2.75) is 33.3 Å². The van der Waals surface area contributed by atoms with Gasteiger partial charge in [0.25, 0.3) is 0 Å². The fourth-order valence-corrected chi connectivity index (χ4v) is 1.67. The molecule has 1 aromatic rings. The molecule has 1 aromatic carbocycles. The zero-order chi connectivity index (χ0) is 16.0. The van der Waals surface area contributed by atoms with E-state index in [1.807, 2.05) is 6.92 Å². The van der Waals surface area contributed by atoms with Gasteiger partial charge < -0.3 is 4.74 Å². The van der Waals surface area contributed by atoms with E-state index in [-0.39, 0.29) is 5.82 Å². The Morgan fingerprint density at radius 1 is 1.33 bits per heavy atom. The molecule has 0 unspecified atom stereocenters. The summed E-state index contributed by atoms with van der Waals surface area (Å²) in [6.07, 6.45) is -0.503. The lowest BCUT2D eigenvalue weighted by molar-refractivity contribution is 0.0358. The zero-order valence-corrected chi connectivity index (χ0v) is 13.1. The molecule has 0 saturated heterocycles. The van der Waals surface area contributed by atoms with Gasteiger partial charge in [0, 0.05) is 13.1 Å². The average molecular weight is 294 g/mol. The molecule has 0 saturated carbocycles. The summed E-state index contributed by atoms with van der Waals surface area (Å²) in [5, 5.41) is 1.69. The molecule has 4 nitrogen and oxygen atoms in total. The van der Waals surface area contributed by atoms with Gasteiger partial charge >= 0.3 is 6.09 Å². The highest BCUT2D eigenvalue weighted by molar-refractivity contribution is 5.68. The Kier molecular flexibility index (Phi) is 5.90. The highest BCUT2D eigenvalue weighted by atomic mass is 19.1. The summed E-state index contributed by atoms with van der Waals surface area (Å²) in [5.41, 5.74) is 3.75. The predicted octanol–water partition coefficient (Wildman–Crippen LogP) is 3.60. The van der Waals surface area contributed by atoms with Gasteiger partial charge in [-0.25, -0.2) is 14.2 Å². The normalized spacial score (nSPS) is 11.3. The summed E-state index contributed by atoms with van der Waals surface area (Å²) in [6.45, 7) is 12.3. The Bertz CT molecular complexity index is 492. The van der Waals surface area contributed by atoms with E-state index in [9.17, 15) is 9.18 Å². The fourth-order valence-electron chi connectivity index (χ4n) is 1.67. The monoisotopic (exact) mass is 294 g/mol. The molecule has 1 amide bonds. The van der Waals surface area contributed by atoms with Gasteiger partial charge in [-0.1, -0.05) is 25.6 Å². The van der Waals surface area contributed by atoms with Crippen LogP contribution in [-0.2, 0) is 4.74 Å². The van der Waals surface area contributed by atoms with E-state index in [4.69, 9.17) is 4.74 Å². The summed E-state index contributed by atoms with van der Waals surface area (Å²) >= 11 is 0. The van der Waals surface area contributed by atoms with Crippen LogP contribution >= 0.6 is 0 Å². The molecule has 0 radical (unpaired) electrons. The van der Waals surface area contributed by atoms with Crippen molar-refractivity contribution >= 4 is 11.7 Å². The number of likely N-dealkylation sites (N-methyl/N-ethyl adjacent to an activating group) is 1. The van der Waals surface area contributed by atoms with Crippen LogP contribution in [0.3, 0.4) is 0 Å². The van der Waals surface area contributed by atoms with Gasteiger partial charge in [0.1, 0.15) is 11.4 Å². The number of hydrazine groups is 1. The van der Waals surface area contributed by atoms with Gasteiger partial charge in [0.15, 0.2) is 0 Å². The van der Waals surface area contributed by atoms with Crippen molar-refractivity contribution in [1.29, 1.82) is 0 Å². The largest absolute Gasteiger partial charge is 0.443 e. The minimum atomic E-state index is -0.544. The van der Waals surface area contributed by atoms with Gasteiger partial charge in [-0.05, 0) is 44.0 Å². The fraction of sp³-hybridized carbons (Fsp3) is 0.438. The van der Waals surface area contributed by atoms with Crippen LogP contribution in [0.4, 0.5) is 9.18 Å². The van der Waals surface area contributed by atoms with Crippen LogP contribution in [0.25, 0.3) is 5.57 Å². The molecule has 1 rings (SSSR count). The maximum atomic E-state index is 12.9. The van der Waals surface area contributed by atoms with Gasteiger partial charge in [-0.15, -0.1) is 0 Å². The zero-order valence-electron chi connectivity index (χ0n) is 13.1. The number of ether oxygens (including phenoxy) is 1. The summed E-state index contributed by atoms with van der Waals surface area (Å²) in [7, 11) is 0.